The van der Waals surface area contributed by atoms with Crippen molar-refractivity contribution in [1.29, 1.82) is 0 Å². The van der Waals surface area contributed by atoms with Gasteiger partial charge >= 0.3 is 0 Å². The van der Waals surface area contributed by atoms with Crippen LogP contribution in [-0.4, -0.2) is 61.2 Å². The van der Waals surface area contributed by atoms with Crippen molar-refractivity contribution in [2.45, 2.75) is 39.8 Å². The van der Waals surface area contributed by atoms with Crippen LogP contribution in [0.1, 0.15) is 27.7 Å². The van der Waals surface area contributed by atoms with Crippen molar-refractivity contribution in [2.75, 3.05) is 39.3 Å². The first-order valence-electron chi connectivity index (χ1n) is 6.30. The summed E-state index contributed by atoms with van der Waals surface area (Å²) in [5.74, 6) is 0. The lowest BCUT2D eigenvalue weighted by molar-refractivity contribution is 0.137. The van der Waals surface area contributed by atoms with E-state index in [1.807, 2.05) is 0 Å². The van der Waals surface area contributed by atoms with E-state index in [0.29, 0.717) is 12.1 Å². The van der Waals surface area contributed by atoms with Gasteiger partial charge in [0.2, 0.25) is 0 Å². The molecule has 0 aliphatic carbocycles. The highest BCUT2D eigenvalue weighted by molar-refractivity contribution is 4.72. The smallest absolute Gasteiger partial charge is 0.0115 e. The monoisotopic (exact) mass is 213 g/mol. The molecule has 0 radical (unpaired) electrons. The van der Waals surface area contributed by atoms with Gasteiger partial charge in [0.05, 0.1) is 0 Å². The van der Waals surface area contributed by atoms with Crippen LogP contribution in [0.4, 0.5) is 0 Å². The molecule has 1 saturated heterocycles. The fourth-order valence-electron chi connectivity index (χ4n) is 2.30. The number of nitrogens with zero attached hydrogens (tertiary/aromatic N) is 2. The minimum Gasteiger partial charge on any atom is -0.314 e. The van der Waals surface area contributed by atoms with Crippen LogP contribution in [-0.2, 0) is 0 Å². The standard InChI is InChI=1S/C12H27N3/c1-11(2)15(12(3)4)10-9-14-7-5-13-6-8-14/h11-13H,5-10H2,1-4H3. The van der Waals surface area contributed by atoms with Crippen LogP contribution >= 0.6 is 0 Å². The van der Waals surface area contributed by atoms with Crippen molar-refractivity contribution in [3.05, 3.63) is 0 Å². The summed E-state index contributed by atoms with van der Waals surface area (Å²) in [4.78, 5) is 5.14. The minimum atomic E-state index is 0.660. The van der Waals surface area contributed by atoms with Gasteiger partial charge in [-0.25, -0.2) is 0 Å². The normalized spacial score (nSPS) is 19.4. The Kier molecular flexibility index (Phi) is 5.58. The number of rotatable bonds is 5. The predicted octanol–water partition coefficient (Wildman–Crippen LogP) is 1.01. The number of piperazine rings is 1. The summed E-state index contributed by atoms with van der Waals surface area (Å²) in [7, 11) is 0. The second-order valence-electron chi connectivity index (χ2n) is 5.02. The molecule has 0 amide bonds. The number of hydrogen-bond donors (Lipinski definition) is 1. The van der Waals surface area contributed by atoms with Crippen molar-refractivity contribution >= 4 is 0 Å². The summed E-state index contributed by atoms with van der Waals surface area (Å²) in [6, 6.07) is 1.32. The molecule has 0 aromatic rings. The number of nitrogens with one attached hydrogen (secondary N) is 1. The van der Waals surface area contributed by atoms with Gasteiger partial charge in [-0.3, -0.25) is 9.80 Å². The summed E-state index contributed by atoms with van der Waals surface area (Å²) < 4.78 is 0. The Morgan fingerprint density at radius 1 is 1.07 bits per heavy atom. The highest BCUT2D eigenvalue weighted by Gasteiger charge is 2.15. The number of hydrogen-bond acceptors (Lipinski definition) is 3. The third kappa shape index (κ3) is 4.49. The van der Waals surface area contributed by atoms with E-state index >= 15 is 0 Å². The minimum absolute atomic E-state index is 0.660. The van der Waals surface area contributed by atoms with Gasteiger partial charge in [0, 0.05) is 51.4 Å². The van der Waals surface area contributed by atoms with Crippen LogP contribution < -0.4 is 5.32 Å². The maximum atomic E-state index is 3.39. The largest absolute Gasteiger partial charge is 0.314 e. The molecule has 1 aliphatic rings. The molecule has 0 bridgehead atoms. The molecule has 1 heterocycles. The van der Waals surface area contributed by atoms with Gasteiger partial charge in [-0.1, -0.05) is 0 Å². The van der Waals surface area contributed by atoms with Crippen LogP contribution in [0.5, 0.6) is 0 Å². The second-order valence-corrected chi connectivity index (χ2v) is 5.02. The van der Waals surface area contributed by atoms with Crippen LogP contribution in [0.2, 0.25) is 0 Å². The van der Waals surface area contributed by atoms with E-state index in [0.717, 1.165) is 13.1 Å². The SMILES string of the molecule is CC(C)N(CCN1CCNCC1)C(C)C. The van der Waals surface area contributed by atoms with Crippen molar-refractivity contribution < 1.29 is 0 Å². The average Bonchev–Trinajstić information content (AvgIpc) is 2.18. The van der Waals surface area contributed by atoms with Crippen LogP contribution in [0.25, 0.3) is 0 Å². The molecule has 0 saturated carbocycles. The Labute approximate surface area is 94.8 Å². The molecule has 0 spiro atoms. The molecule has 3 nitrogen and oxygen atoms in total. The fraction of sp³-hybridized carbons (Fsp3) is 1.00. The Morgan fingerprint density at radius 3 is 2.07 bits per heavy atom. The van der Waals surface area contributed by atoms with Crippen LogP contribution in [0.15, 0.2) is 0 Å². The Balaban J connectivity index is 2.26. The van der Waals surface area contributed by atoms with Gasteiger partial charge in [-0.15, -0.1) is 0 Å². The highest BCUT2D eigenvalue weighted by Crippen LogP contribution is 2.05. The van der Waals surface area contributed by atoms with E-state index in [2.05, 4.69) is 42.8 Å². The lowest BCUT2D eigenvalue weighted by Gasteiger charge is -2.34. The van der Waals surface area contributed by atoms with Crippen LogP contribution in [0.3, 0.4) is 0 Å². The quantitative estimate of drug-likeness (QED) is 0.735. The van der Waals surface area contributed by atoms with Gasteiger partial charge < -0.3 is 5.32 Å². The van der Waals surface area contributed by atoms with Gasteiger partial charge in [0.15, 0.2) is 0 Å². The van der Waals surface area contributed by atoms with E-state index in [1.54, 1.807) is 0 Å². The Bertz CT molecular complexity index is 154. The van der Waals surface area contributed by atoms with Gasteiger partial charge in [0.25, 0.3) is 0 Å². The third-order valence-electron chi connectivity index (χ3n) is 3.21. The summed E-state index contributed by atoms with van der Waals surface area (Å²) in [6.07, 6.45) is 0. The predicted molar refractivity (Wildman–Crippen MR) is 66.3 cm³/mol. The maximum absolute atomic E-state index is 3.39. The van der Waals surface area contributed by atoms with E-state index in [9.17, 15) is 0 Å². The molecule has 15 heavy (non-hydrogen) atoms. The lowest BCUT2D eigenvalue weighted by atomic mass is 10.2. The molecule has 1 N–H and O–H groups in total. The molecule has 1 aliphatic heterocycles. The Hall–Kier alpha value is -0.120. The van der Waals surface area contributed by atoms with Crippen molar-refractivity contribution in [3.8, 4) is 0 Å². The first-order chi connectivity index (χ1) is 7.11. The fourth-order valence-corrected chi connectivity index (χ4v) is 2.30. The second kappa shape index (κ2) is 6.46. The Morgan fingerprint density at radius 2 is 1.60 bits per heavy atom. The van der Waals surface area contributed by atoms with E-state index in [1.165, 1.54) is 26.2 Å². The summed E-state index contributed by atoms with van der Waals surface area (Å²) in [5, 5.41) is 3.39. The van der Waals surface area contributed by atoms with Crippen molar-refractivity contribution in [2.24, 2.45) is 0 Å². The van der Waals surface area contributed by atoms with Crippen LogP contribution in [0, 0.1) is 0 Å². The molecular formula is C12H27N3. The topological polar surface area (TPSA) is 18.5 Å². The zero-order valence-electron chi connectivity index (χ0n) is 10.8. The first-order valence-corrected chi connectivity index (χ1v) is 6.30. The summed E-state index contributed by atoms with van der Waals surface area (Å²) in [5.41, 5.74) is 0. The van der Waals surface area contributed by atoms with Gasteiger partial charge in [0.1, 0.15) is 0 Å². The molecule has 0 aromatic heterocycles. The molecule has 1 rings (SSSR count). The molecule has 90 valence electrons. The van der Waals surface area contributed by atoms with E-state index < -0.39 is 0 Å². The maximum Gasteiger partial charge on any atom is 0.0115 e. The summed E-state index contributed by atoms with van der Waals surface area (Å²) in [6.45, 7) is 16.3. The summed E-state index contributed by atoms with van der Waals surface area (Å²) >= 11 is 0. The van der Waals surface area contributed by atoms with Crippen molar-refractivity contribution in [3.63, 3.8) is 0 Å². The first kappa shape index (κ1) is 12.9. The van der Waals surface area contributed by atoms with Gasteiger partial charge in [-0.05, 0) is 27.7 Å². The zero-order chi connectivity index (χ0) is 11.3. The van der Waals surface area contributed by atoms with Gasteiger partial charge in [-0.2, -0.15) is 0 Å². The highest BCUT2D eigenvalue weighted by atomic mass is 15.2. The molecule has 0 unspecified atom stereocenters. The molecule has 0 aromatic carbocycles. The molecule has 3 heteroatoms. The van der Waals surface area contributed by atoms with Crippen molar-refractivity contribution in [1.82, 2.24) is 15.1 Å². The average molecular weight is 213 g/mol. The molecule has 1 fully saturated rings. The lowest BCUT2D eigenvalue weighted by Crippen LogP contribution is -2.48. The zero-order valence-corrected chi connectivity index (χ0v) is 10.8. The molecule has 0 atom stereocenters. The van der Waals surface area contributed by atoms with E-state index in [-0.39, 0.29) is 0 Å². The van der Waals surface area contributed by atoms with E-state index in [4.69, 9.17) is 0 Å². The molecular weight excluding hydrogens is 186 g/mol. The third-order valence-corrected chi connectivity index (χ3v) is 3.21.